The topological polar surface area (TPSA) is 85.6 Å². The molecule has 2 atom stereocenters. The Morgan fingerprint density at radius 3 is 3.00 bits per heavy atom. The van der Waals surface area contributed by atoms with Gasteiger partial charge in [0.2, 0.25) is 0 Å². The van der Waals surface area contributed by atoms with Gasteiger partial charge in [-0.2, -0.15) is 0 Å². The molecule has 1 aliphatic heterocycles. The van der Waals surface area contributed by atoms with Gasteiger partial charge in [0.1, 0.15) is 11.9 Å². The lowest BCUT2D eigenvalue weighted by atomic mass is 10.0. The first-order chi connectivity index (χ1) is 7.72. The number of nitrogens with one attached hydrogen (secondary N) is 1. The van der Waals surface area contributed by atoms with Crippen molar-refractivity contribution in [2.75, 3.05) is 18.5 Å². The Morgan fingerprint density at radius 2 is 2.25 bits per heavy atom. The third-order valence-corrected chi connectivity index (χ3v) is 2.81. The highest BCUT2D eigenvalue weighted by molar-refractivity contribution is 5.50. The Balaban J connectivity index is 2.14. The Hall–Kier alpha value is -1.17. The van der Waals surface area contributed by atoms with Crippen molar-refractivity contribution >= 4 is 5.82 Å². The van der Waals surface area contributed by atoms with Gasteiger partial charge in [0.25, 0.3) is 0 Å². The van der Waals surface area contributed by atoms with Crippen molar-refractivity contribution in [2.45, 2.75) is 25.0 Å². The molecule has 88 valence electrons. The minimum Gasteiger partial charge on any atom is -0.396 e. The fraction of sp³-hybridized carbons (Fsp3) is 0.545. The van der Waals surface area contributed by atoms with Crippen LogP contribution >= 0.6 is 0 Å². The zero-order chi connectivity index (χ0) is 11.5. The van der Waals surface area contributed by atoms with Gasteiger partial charge in [0.15, 0.2) is 0 Å². The van der Waals surface area contributed by atoms with Gasteiger partial charge in [0.05, 0.1) is 6.10 Å². The summed E-state index contributed by atoms with van der Waals surface area (Å²) in [5.41, 5.74) is 1.66. The van der Waals surface area contributed by atoms with Gasteiger partial charge in [-0.05, 0) is 24.5 Å². The van der Waals surface area contributed by atoms with Crippen molar-refractivity contribution in [3.63, 3.8) is 0 Å². The molecule has 4 N–H and O–H groups in total. The van der Waals surface area contributed by atoms with Crippen LogP contribution in [-0.2, 0) is 6.42 Å². The highest BCUT2D eigenvalue weighted by Crippen LogP contribution is 2.25. The van der Waals surface area contributed by atoms with E-state index in [1.807, 2.05) is 6.07 Å². The Kier molecular flexibility index (Phi) is 3.38. The number of aliphatic hydroxyl groups excluding tert-OH is 3. The first kappa shape index (κ1) is 11.3. The minimum atomic E-state index is -0.981. The van der Waals surface area contributed by atoms with E-state index < -0.39 is 12.2 Å². The number of pyridine rings is 1. The van der Waals surface area contributed by atoms with Gasteiger partial charge in [-0.1, -0.05) is 0 Å². The lowest BCUT2D eigenvalue weighted by Crippen LogP contribution is -2.19. The van der Waals surface area contributed by atoms with Crippen LogP contribution in [-0.4, -0.2) is 39.6 Å². The minimum absolute atomic E-state index is 0.141. The maximum absolute atomic E-state index is 9.83. The second-order valence-corrected chi connectivity index (χ2v) is 3.98. The predicted octanol–water partition coefficient (Wildman–Crippen LogP) is -0.174. The van der Waals surface area contributed by atoms with Crippen LogP contribution in [0.4, 0.5) is 5.82 Å². The number of fused-ring (bicyclic) bond motifs is 1. The van der Waals surface area contributed by atoms with Gasteiger partial charge in [0, 0.05) is 24.9 Å². The zero-order valence-electron chi connectivity index (χ0n) is 8.93. The van der Waals surface area contributed by atoms with E-state index in [1.165, 1.54) is 0 Å². The fourth-order valence-electron chi connectivity index (χ4n) is 1.87. The van der Waals surface area contributed by atoms with Crippen LogP contribution in [0.5, 0.6) is 0 Å². The van der Waals surface area contributed by atoms with Gasteiger partial charge < -0.3 is 20.6 Å². The first-order valence-corrected chi connectivity index (χ1v) is 5.42. The van der Waals surface area contributed by atoms with E-state index in [0.29, 0.717) is 5.56 Å². The van der Waals surface area contributed by atoms with Crippen molar-refractivity contribution in [3.05, 3.63) is 23.4 Å². The van der Waals surface area contributed by atoms with Crippen LogP contribution < -0.4 is 5.32 Å². The molecule has 2 rings (SSSR count). The Bertz CT molecular complexity index is 370. The Morgan fingerprint density at radius 1 is 1.44 bits per heavy atom. The molecule has 0 aliphatic carbocycles. The maximum Gasteiger partial charge on any atom is 0.129 e. The number of aromatic nitrogens is 1. The number of anilines is 1. The molecule has 16 heavy (non-hydrogen) atoms. The molecule has 0 spiro atoms. The van der Waals surface area contributed by atoms with Crippen LogP contribution in [0.3, 0.4) is 0 Å². The molecule has 0 amide bonds. The summed E-state index contributed by atoms with van der Waals surface area (Å²) in [6.45, 7) is 0.721. The van der Waals surface area contributed by atoms with Gasteiger partial charge >= 0.3 is 0 Å². The van der Waals surface area contributed by atoms with E-state index in [2.05, 4.69) is 10.3 Å². The SMILES string of the molecule is OCCC(O)C(O)c1cnc2c(c1)CCN2. The summed E-state index contributed by atoms with van der Waals surface area (Å²) in [4.78, 5) is 4.18. The van der Waals surface area contributed by atoms with Crippen molar-refractivity contribution in [1.29, 1.82) is 0 Å². The lowest BCUT2D eigenvalue weighted by Gasteiger charge is -2.17. The molecule has 1 aromatic heterocycles. The molecule has 0 bridgehead atoms. The quantitative estimate of drug-likeness (QED) is 0.570. The zero-order valence-corrected chi connectivity index (χ0v) is 8.93. The molecule has 0 radical (unpaired) electrons. The molecule has 0 aromatic carbocycles. The van der Waals surface area contributed by atoms with Crippen molar-refractivity contribution in [2.24, 2.45) is 0 Å². The second kappa shape index (κ2) is 4.78. The highest BCUT2D eigenvalue weighted by atomic mass is 16.3. The average Bonchev–Trinajstić information content (AvgIpc) is 2.75. The smallest absolute Gasteiger partial charge is 0.129 e. The average molecular weight is 224 g/mol. The monoisotopic (exact) mass is 224 g/mol. The summed E-state index contributed by atoms with van der Waals surface area (Å²) in [6.07, 6.45) is 0.683. The first-order valence-electron chi connectivity index (χ1n) is 5.42. The molecule has 0 fully saturated rings. The third kappa shape index (κ3) is 2.16. The van der Waals surface area contributed by atoms with E-state index in [0.717, 1.165) is 24.3 Å². The largest absolute Gasteiger partial charge is 0.396 e. The summed E-state index contributed by atoms with van der Waals surface area (Å²) in [6, 6.07) is 1.85. The summed E-state index contributed by atoms with van der Waals surface area (Å²) < 4.78 is 0. The number of nitrogens with zero attached hydrogens (tertiary/aromatic N) is 1. The normalized spacial score (nSPS) is 17.7. The molecule has 0 saturated heterocycles. The molecule has 5 heteroatoms. The number of hydrogen-bond acceptors (Lipinski definition) is 5. The summed E-state index contributed by atoms with van der Waals surface area (Å²) in [7, 11) is 0. The molecule has 2 heterocycles. The Labute approximate surface area is 93.8 Å². The van der Waals surface area contributed by atoms with E-state index in [4.69, 9.17) is 5.11 Å². The van der Waals surface area contributed by atoms with Crippen LogP contribution in [0.15, 0.2) is 12.3 Å². The number of aliphatic hydroxyl groups is 3. The maximum atomic E-state index is 9.83. The predicted molar refractivity (Wildman–Crippen MR) is 59.1 cm³/mol. The molecular formula is C11H16N2O3. The van der Waals surface area contributed by atoms with E-state index in [1.54, 1.807) is 6.20 Å². The van der Waals surface area contributed by atoms with Gasteiger partial charge in [-0.25, -0.2) is 4.98 Å². The highest BCUT2D eigenvalue weighted by Gasteiger charge is 2.20. The second-order valence-electron chi connectivity index (χ2n) is 3.98. The summed E-state index contributed by atoms with van der Waals surface area (Å²) in [5.74, 6) is 0.854. The number of hydrogen-bond donors (Lipinski definition) is 4. The van der Waals surface area contributed by atoms with Crippen molar-refractivity contribution < 1.29 is 15.3 Å². The fourth-order valence-corrected chi connectivity index (χ4v) is 1.87. The summed E-state index contributed by atoms with van der Waals surface area (Å²) >= 11 is 0. The van der Waals surface area contributed by atoms with Crippen molar-refractivity contribution in [1.82, 2.24) is 4.98 Å². The van der Waals surface area contributed by atoms with Gasteiger partial charge in [-0.15, -0.1) is 0 Å². The number of rotatable bonds is 4. The van der Waals surface area contributed by atoms with Crippen LogP contribution in [0.25, 0.3) is 0 Å². The molecular weight excluding hydrogens is 208 g/mol. The van der Waals surface area contributed by atoms with Crippen molar-refractivity contribution in [3.8, 4) is 0 Å². The van der Waals surface area contributed by atoms with E-state index in [9.17, 15) is 10.2 Å². The van der Waals surface area contributed by atoms with Crippen LogP contribution in [0.2, 0.25) is 0 Å². The third-order valence-electron chi connectivity index (χ3n) is 2.81. The summed E-state index contributed by atoms with van der Waals surface area (Å²) in [5, 5.41) is 31.2. The lowest BCUT2D eigenvalue weighted by molar-refractivity contribution is 0.00402. The van der Waals surface area contributed by atoms with E-state index in [-0.39, 0.29) is 13.0 Å². The molecule has 1 aliphatic rings. The molecule has 5 nitrogen and oxygen atoms in total. The molecule has 0 saturated carbocycles. The van der Waals surface area contributed by atoms with Crippen LogP contribution in [0, 0.1) is 0 Å². The molecule has 2 unspecified atom stereocenters. The van der Waals surface area contributed by atoms with Crippen LogP contribution in [0.1, 0.15) is 23.7 Å². The van der Waals surface area contributed by atoms with Gasteiger partial charge in [-0.3, -0.25) is 0 Å². The van der Waals surface area contributed by atoms with E-state index >= 15 is 0 Å². The molecule has 1 aromatic rings. The standard InChI is InChI=1S/C11H16N2O3/c14-4-2-9(15)10(16)8-5-7-1-3-12-11(7)13-6-8/h5-6,9-10,14-16H,1-4H2,(H,12,13).